The van der Waals surface area contributed by atoms with Crippen LogP contribution in [-0.4, -0.2) is 26.7 Å². The van der Waals surface area contributed by atoms with Gasteiger partial charge in [-0.2, -0.15) is 5.26 Å². The van der Waals surface area contributed by atoms with E-state index in [0.29, 0.717) is 18.9 Å². The first kappa shape index (κ1) is 14.0. The standard InChI is InChI=1S/C14H22N4O/c1-14(2,10-19)9-18-13(11-5-3-4-6-11)12(7-8-15)16-17-18/h11,19H,3-7,9-10H2,1-2H3. The maximum atomic E-state index is 9.41. The highest BCUT2D eigenvalue weighted by atomic mass is 16.3. The molecule has 0 unspecified atom stereocenters. The summed E-state index contributed by atoms with van der Waals surface area (Å²) in [6.07, 6.45) is 5.12. The topological polar surface area (TPSA) is 74.7 Å². The van der Waals surface area contributed by atoms with E-state index in [2.05, 4.69) is 16.4 Å². The lowest BCUT2D eigenvalue weighted by Crippen LogP contribution is -2.26. The van der Waals surface area contributed by atoms with Gasteiger partial charge in [0.05, 0.1) is 24.7 Å². The van der Waals surface area contributed by atoms with E-state index in [-0.39, 0.29) is 12.0 Å². The van der Waals surface area contributed by atoms with Gasteiger partial charge >= 0.3 is 0 Å². The number of aromatic nitrogens is 3. The number of nitriles is 1. The smallest absolute Gasteiger partial charge is 0.100 e. The number of nitrogens with zero attached hydrogens (tertiary/aromatic N) is 4. The minimum absolute atomic E-state index is 0.116. The zero-order valence-corrected chi connectivity index (χ0v) is 11.8. The fourth-order valence-electron chi connectivity index (χ4n) is 2.78. The summed E-state index contributed by atoms with van der Waals surface area (Å²) in [5, 5.41) is 26.7. The molecule has 104 valence electrons. The molecule has 1 aromatic rings. The summed E-state index contributed by atoms with van der Waals surface area (Å²) in [6, 6.07) is 2.17. The maximum Gasteiger partial charge on any atom is 0.100 e. The molecule has 0 amide bonds. The predicted molar refractivity (Wildman–Crippen MR) is 71.4 cm³/mol. The molecule has 1 aliphatic carbocycles. The van der Waals surface area contributed by atoms with Gasteiger partial charge in [-0.1, -0.05) is 31.9 Å². The van der Waals surface area contributed by atoms with Crippen molar-refractivity contribution in [2.75, 3.05) is 6.61 Å². The van der Waals surface area contributed by atoms with Gasteiger partial charge in [0.25, 0.3) is 0 Å². The molecule has 0 aliphatic heterocycles. The molecule has 1 aliphatic rings. The van der Waals surface area contributed by atoms with Crippen LogP contribution in [0.5, 0.6) is 0 Å². The summed E-state index contributed by atoms with van der Waals surface area (Å²) in [6.45, 7) is 4.78. The number of hydrogen-bond donors (Lipinski definition) is 1. The Kier molecular flexibility index (Phi) is 4.20. The first-order valence-corrected chi connectivity index (χ1v) is 6.97. The van der Waals surface area contributed by atoms with Crippen LogP contribution in [0.3, 0.4) is 0 Å². The van der Waals surface area contributed by atoms with Crippen molar-refractivity contribution in [3.8, 4) is 6.07 Å². The van der Waals surface area contributed by atoms with E-state index in [9.17, 15) is 5.11 Å². The van der Waals surface area contributed by atoms with Gasteiger partial charge in [0.2, 0.25) is 0 Å². The van der Waals surface area contributed by atoms with Gasteiger partial charge in [-0.15, -0.1) is 5.10 Å². The Hall–Kier alpha value is -1.41. The van der Waals surface area contributed by atoms with E-state index in [1.165, 1.54) is 12.8 Å². The van der Waals surface area contributed by atoms with Crippen molar-refractivity contribution in [3.05, 3.63) is 11.4 Å². The van der Waals surface area contributed by atoms with E-state index in [0.717, 1.165) is 24.2 Å². The first-order valence-electron chi connectivity index (χ1n) is 6.97. The van der Waals surface area contributed by atoms with E-state index < -0.39 is 0 Å². The molecule has 0 saturated heterocycles. The van der Waals surface area contributed by atoms with Gasteiger partial charge in [0.1, 0.15) is 5.69 Å². The second kappa shape index (κ2) is 5.70. The molecule has 19 heavy (non-hydrogen) atoms. The highest BCUT2D eigenvalue weighted by Crippen LogP contribution is 2.36. The monoisotopic (exact) mass is 262 g/mol. The van der Waals surface area contributed by atoms with E-state index in [1.54, 1.807) is 0 Å². The summed E-state index contributed by atoms with van der Waals surface area (Å²) in [5.41, 5.74) is 1.73. The van der Waals surface area contributed by atoms with Crippen LogP contribution in [0, 0.1) is 16.7 Å². The molecule has 2 rings (SSSR count). The molecule has 0 aromatic carbocycles. The van der Waals surface area contributed by atoms with Crippen LogP contribution >= 0.6 is 0 Å². The van der Waals surface area contributed by atoms with Gasteiger partial charge in [0, 0.05) is 17.9 Å². The lowest BCUT2D eigenvalue weighted by Gasteiger charge is -2.23. The zero-order valence-electron chi connectivity index (χ0n) is 11.8. The first-order chi connectivity index (χ1) is 9.07. The van der Waals surface area contributed by atoms with Gasteiger partial charge in [-0.05, 0) is 12.8 Å². The van der Waals surface area contributed by atoms with Gasteiger partial charge in [0.15, 0.2) is 0 Å². The van der Waals surface area contributed by atoms with Crippen LogP contribution < -0.4 is 0 Å². The third-order valence-electron chi connectivity index (χ3n) is 3.84. The number of hydrogen-bond acceptors (Lipinski definition) is 4. The van der Waals surface area contributed by atoms with Gasteiger partial charge in [-0.25, -0.2) is 4.68 Å². The summed E-state index contributed by atoms with van der Waals surface area (Å²) in [5.74, 6) is 0.479. The Balaban J connectivity index is 2.30. The fourth-order valence-corrected chi connectivity index (χ4v) is 2.78. The van der Waals surface area contributed by atoms with E-state index in [4.69, 9.17) is 5.26 Å². The van der Waals surface area contributed by atoms with Crippen molar-refractivity contribution in [1.29, 1.82) is 5.26 Å². The average molecular weight is 262 g/mol. The highest BCUT2D eigenvalue weighted by molar-refractivity contribution is 5.20. The minimum atomic E-state index is -0.217. The normalized spacial score (nSPS) is 16.7. The van der Waals surface area contributed by atoms with Crippen molar-refractivity contribution in [2.45, 2.75) is 58.4 Å². The largest absolute Gasteiger partial charge is 0.396 e. The minimum Gasteiger partial charge on any atom is -0.396 e. The number of rotatable bonds is 5. The molecule has 5 nitrogen and oxygen atoms in total. The van der Waals surface area contributed by atoms with Crippen molar-refractivity contribution in [2.24, 2.45) is 5.41 Å². The summed E-state index contributed by atoms with van der Waals surface area (Å²) in [4.78, 5) is 0. The van der Waals surface area contributed by atoms with Crippen molar-refractivity contribution < 1.29 is 5.11 Å². The molecular weight excluding hydrogens is 240 g/mol. The van der Waals surface area contributed by atoms with Gasteiger partial charge in [-0.3, -0.25) is 0 Å². The fraction of sp³-hybridized carbons (Fsp3) is 0.786. The average Bonchev–Trinajstić information content (AvgIpc) is 2.99. The van der Waals surface area contributed by atoms with Crippen LogP contribution in [0.1, 0.15) is 56.8 Å². The predicted octanol–water partition coefficient (Wildman–Crippen LogP) is 2.02. The maximum absolute atomic E-state index is 9.41. The molecule has 1 saturated carbocycles. The van der Waals surface area contributed by atoms with Crippen LogP contribution in [0.2, 0.25) is 0 Å². The van der Waals surface area contributed by atoms with E-state index >= 15 is 0 Å². The van der Waals surface area contributed by atoms with Crippen molar-refractivity contribution >= 4 is 0 Å². The highest BCUT2D eigenvalue weighted by Gasteiger charge is 2.28. The third kappa shape index (κ3) is 3.13. The molecule has 1 heterocycles. The molecule has 5 heteroatoms. The Morgan fingerprint density at radius 3 is 2.68 bits per heavy atom. The quantitative estimate of drug-likeness (QED) is 0.881. The Morgan fingerprint density at radius 1 is 1.42 bits per heavy atom. The Morgan fingerprint density at radius 2 is 2.11 bits per heavy atom. The molecule has 0 atom stereocenters. The third-order valence-corrected chi connectivity index (χ3v) is 3.84. The Bertz CT molecular complexity index is 466. The molecule has 0 radical (unpaired) electrons. The SMILES string of the molecule is CC(C)(CO)Cn1nnc(CC#N)c1C1CCCC1. The Labute approximate surface area is 114 Å². The van der Waals surface area contributed by atoms with Gasteiger partial charge < -0.3 is 5.11 Å². The van der Waals surface area contributed by atoms with Crippen LogP contribution in [-0.2, 0) is 13.0 Å². The lowest BCUT2D eigenvalue weighted by molar-refractivity contribution is 0.134. The number of aliphatic hydroxyl groups excluding tert-OH is 1. The second-order valence-electron chi connectivity index (χ2n) is 6.22. The zero-order chi connectivity index (χ0) is 13.9. The van der Waals surface area contributed by atoms with Crippen molar-refractivity contribution in [3.63, 3.8) is 0 Å². The van der Waals surface area contributed by atoms with E-state index in [1.807, 2.05) is 18.5 Å². The summed E-state index contributed by atoms with van der Waals surface area (Å²) in [7, 11) is 0. The van der Waals surface area contributed by atoms with Crippen LogP contribution in [0.15, 0.2) is 0 Å². The molecule has 1 N–H and O–H groups in total. The molecule has 0 spiro atoms. The molecule has 1 aromatic heterocycles. The lowest BCUT2D eigenvalue weighted by atomic mass is 9.94. The van der Waals surface area contributed by atoms with Crippen LogP contribution in [0.4, 0.5) is 0 Å². The van der Waals surface area contributed by atoms with Crippen molar-refractivity contribution in [1.82, 2.24) is 15.0 Å². The summed E-state index contributed by atoms with van der Waals surface area (Å²) < 4.78 is 1.92. The molecule has 1 fully saturated rings. The molecule has 0 bridgehead atoms. The van der Waals surface area contributed by atoms with Crippen LogP contribution in [0.25, 0.3) is 0 Å². The second-order valence-corrected chi connectivity index (χ2v) is 6.22. The number of aliphatic hydroxyl groups is 1. The molecular formula is C14H22N4O. The summed E-state index contributed by atoms with van der Waals surface area (Å²) >= 11 is 0.